The van der Waals surface area contributed by atoms with Crippen molar-refractivity contribution in [3.05, 3.63) is 54.1 Å². The maximum Gasteiger partial charge on any atom is 0.416 e. The summed E-state index contributed by atoms with van der Waals surface area (Å²) in [7, 11) is 1.54. The lowest BCUT2D eigenvalue weighted by Crippen LogP contribution is -2.33. The smallest absolute Gasteiger partial charge is 0.416 e. The van der Waals surface area contributed by atoms with Crippen molar-refractivity contribution in [3.63, 3.8) is 0 Å². The van der Waals surface area contributed by atoms with Crippen molar-refractivity contribution in [2.45, 2.75) is 37.6 Å². The number of thioether (sulfide) groups is 1. The van der Waals surface area contributed by atoms with E-state index in [-0.39, 0.29) is 23.4 Å². The second-order valence-corrected chi connectivity index (χ2v) is 8.03. The van der Waals surface area contributed by atoms with Crippen LogP contribution in [0.25, 0.3) is 17.1 Å². The molecule has 6 nitrogen and oxygen atoms in total. The highest BCUT2D eigenvalue weighted by Gasteiger charge is 2.31. The number of ether oxygens (including phenoxy) is 1. The maximum absolute atomic E-state index is 13.3. The first-order valence-corrected chi connectivity index (χ1v) is 10.9. The minimum atomic E-state index is -4.49. The largest absolute Gasteiger partial charge is 0.497 e. The molecule has 10 heteroatoms. The van der Waals surface area contributed by atoms with Gasteiger partial charge in [-0.1, -0.05) is 24.8 Å². The Morgan fingerprint density at radius 1 is 1.19 bits per heavy atom. The molecular weight excluding hydrogens is 441 g/mol. The van der Waals surface area contributed by atoms with Crippen LogP contribution in [0.3, 0.4) is 0 Å². The molecule has 3 aromatic rings. The van der Waals surface area contributed by atoms with E-state index in [1.807, 2.05) is 13.8 Å². The summed E-state index contributed by atoms with van der Waals surface area (Å²) in [5.74, 6) is 0.866. The number of benzene rings is 2. The summed E-state index contributed by atoms with van der Waals surface area (Å²) >= 11 is 1.11. The zero-order valence-electron chi connectivity index (χ0n) is 17.8. The Bertz CT molecular complexity index is 1070. The van der Waals surface area contributed by atoms with Gasteiger partial charge in [0, 0.05) is 11.6 Å². The number of nitrogens with zero attached hydrogens (tertiary/aromatic N) is 3. The van der Waals surface area contributed by atoms with Crippen LogP contribution in [0.15, 0.2) is 53.7 Å². The van der Waals surface area contributed by atoms with Crippen molar-refractivity contribution in [1.29, 1.82) is 0 Å². The lowest BCUT2D eigenvalue weighted by Gasteiger charge is -2.14. The third-order valence-corrected chi connectivity index (χ3v) is 5.69. The van der Waals surface area contributed by atoms with Crippen LogP contribution in [0.5, 0.6) is 5.75 Å². The molecule has 0 spiro atoms. The van der Waals surface area contributed by atoms with Crippen LogP contribution in [0.2, 0.25) is 0 Å². The van der Waals surface area contributed by atoms with E-state index < -0.39 is 11.7 Å². The van der Waals surface area contributed by atoms with Crippen molar-refractivity contribution >= 4 is 17.7 Å². The Morgan fingerprint density at radius 2 is 1.91 bits per heavy atom. The molecule has 0 aliphatic carbocycles. The van der Waals surface area contributed by atoms with Gasteiger partial charge in [-0.2, -0.15) is 13.2 Å². The summed E-state index contributed by atoms with van der Waals surface area (Å²) < 4.78 is 46.6. The molecule has 0 aliphatic heterocycles. The molecule has 1 unspecified atom stereocenters. The molecule has 1 aromatic heterocycles. The second-order valence-electron chi connectivity index (χ2n) is 7.08. The van der Waals surface area contributed by atoms with Crippen molar-refractivity contribution in [1.82, 2.24) is 20.1 Å². The van der Waals surface area contributed by atoms with E-state index in [1.165, 1.54) is 10.6 Å². The molecule has 3 rings (SSSR count). The van der Waals surface area contributed by atoms with Crippen LogP contribution >= 0.6 is 11.8 Å². The summed E-state index contributed by atoms with van der Waals surface area (Å²) in [5, 5.41) is 11.5. The third kappa shape index (κ3) is 5.61. The number of halogens is 3. The molecule has 170 valence electrons. The van der Waals surface area contributed by atoms with E-state index in [0.29, 0.717) is 22.3 Å². The molecule has 32 heavy (non-hydrogen) atoms. The van der Waals surface area contributed by atoms with Gasteiger partial charge in [0.05, 0.1) is 24.1 Å². The number of carbonyl (C=O) groups is 1. The van der Waals surface area contributed by atoms with Crippen molar-refractivity contribution in [2.24, 2.45) is 0 Å². The Kier molecular flexibility index (Phi) is 7.44. The minimum Gasteiger partial charge on any atom is -0.497 e. The first kappa shape index (κ1) is 23.6. The Balaban J connectivity index is 2.01. The van der Waals surface area contributed by atoms with E-state index in [9.17, 15) is 18.0 Å². The molecule has 2 aromatic carbocycles. The van der Waals surface area contributed by atoms with Gasteiger partial charge in [-0.25, -0.2) is 0 Å². The number of methoxy groups -OCH3 is 1. The van der Waals surface area contributed by atoms with E-state index in [0.717, 1.165) is 30.3 Å². The standard InChI is InChI=1S/C22H23F3N4O2S/c1-4-14(2)26-19(30)13-32-21-28-27-20(15-8-10-18(31-3)11-9-15)29(21)17-7-5-6-16(12-17)22(23,24)25/h5-12,14H,4,13H2,1-3H3,(H,26,30). The molecule has 1 N–H and O–H groups in total. The van der Waals surface area contributed by atoms with E-state index in [2.05, 4.69) is 15.5 Å². The van der Waals surface area contributed by atoms with Crippen LogP contribution in [0.1, 0.15) is 25.8 Å². The molecule has 0 bridgehead atoms. The van der Waals surface area contributed by atoms with Crippen LogP contribution < -0.4 is 10.1 Å². The van der Waals surface area contributed by atoms with Gasteiger partial charge in [-0.3, -0.25) is 9.36 Å². The summed E-state index contributed by atoms with van der Waals surface area (Å²) in [6.07, 6.45) is -3.70. The SMILES string of the molecule is CCC(C)NC(=O)CSc1nnc(-c2ccc(OC)cc2)n1-c1cccc(C(F)(F)F)c1. The number of amides is 1. The summed E-state index contributed by atoms with van der Waals surface area (Å²) in [6, 6.07) is 11.9. The van der Waals surface area contributed by atoms with Gasteiger partial charge in [0.2, 0.25) is 5.91 Å². The van der Waals surface area contributed by atoms with Crippen LogP contribution in [0, 0.1) is 0 Å². The number of hydrogen-bond acceptors (Lipinski definition) is 5. The van der Waals surface area contributed by atoms with Gasteiger partial charge < -0.3 is 10.1 Å². The van der Waals surface area contributed by atoms with Crippen molar-refractivity contribution in [2.75, 3.05) is 12.9 Å². The summed E-state index contributed by atoms with van der Waals surface area (Å²) in [5.41, 5.74) is 0.113. The molecule has 0 fully saturated rings. The number of rotatable bonds is 8. The number of hydrogen-bond donors (Lipinski definition) is 1. The number of alkyl halides is 3. The number of aromatic nitrogens is 3. The van der Waals surface area contributed by atoms with Gasteiger partial charge >= 0.3 is 6.18 Å². The fourth-order valence-corrected chi connectivity index (χ4v) is 3.66. The average Bonchev–Trinajstić information content (AvgIpc) is 3.21. The van der Waals surface area contributed by atoms with Gasteiger partial charge in [-0.05, 0) is 55.8 Å². The molecule has 0 saturated carbocycles. The third-order valence-electron chi connectivity index (χ3n) is 4.77. The van der Waals surface area contributed by atoms with Gasteiger partial charge in [0.15, 0.2) is 11.0 Å². The number of carbonyl (C=O) groups excluding carboxylic acids is 1. The molecule has 0 saturated heterocycles. The lowest BCUT2D eigenvalue weighted by atomic mass is 10.1. The predicted molar refractivity (Wildman–Crippen MR) is 117 cm³/mol. The fourth-order valence-electron chi connectivity index (χ4n) is 2.89. The van der Waals surface area contributed by atoms with E-state index >= 15 is 0 Å². The first-order chi connectivity index (χ1) is 15.2. The second kappa shape index (κ2) is 10.1. The minimum absolute atomic E-state index is 0.0271. The van der Waals surface area contributed by atoms with Crippen LogP contribution in [0.4, 0.5) is 13.2 Å². The van der Waals surface area contributed by atoms with E-state index in [1.54, 1.807) is 37.4 Å². The van der Waals surface area contributed by atoms with Crippen LogP contribution in [-0.2, 0) is 11.0 Å². The molecule has 1 heterocycles. The quantitative estimate of drug-likeness (QED) is 0.477. The Labute approximate surface area is 188 Å². The van der Waals surface area contributed by atoms with Crippen molar-refractivity contribution < 1.29 is 22.7 Å². The molecular formula is C22H23F3N4O2S. The maximum atomic E-state index is 13.3. The zero-order valence-corrected chi connectivity index (χ0v) is 18.6. The van der Waals surface area contributed by atoms with Gasteiger partial charge in [-0.15, -0.1) is 10.2 Å². The predicted octanol–water partition coefficient (Wildman–Crippen LogP) is 4.97. The first-order valence-electron chi connectivity index (χ1n) is 9.92. The van der Waals surface area contributed by atoms with Crippen LogP contribution in [-0.4, -0.2) is 39.6 Å². The highest BCUT2D eigenvalue weighted by atomic mass is 32.2. The average molecular weight is 465 g/mol. The Hall–Kier alpha value is -3.01. The van der Waals surface area contributed by atoms with E-state index in [4.69, 9.17) is 4.74 Å². The molecule has 0 aliphatic rings. The topological polar surface area (TPSA) is 69.0 Å². The monoisotopic (exact) mass is 464 g/mol. The zero-order chi connectivity index (χ0) is 23.3. The van der Waals surface area contributed by atoms with Gasteiger partial charge in [0.25, 0.3) is 0 Å². The normalized spacial score (nSPS) is 12.4. The highest BCUT2D eigenvalue weighted by molar-refractivity contribution is 7.99. The highest BCUT2D eigenvalue weighted by Crippen LogP contribution is 2.33. The lowest BCUT2D eigenvalue weighted by molar-refractivity contribution is -0.137. The molecule has 0 radical (unpaired) electrons. The molecule has 1 atom stereocenters. The van der Waals surface area contributed by atoms with Crippen molar-refractivity contribution in [3.8, 4) is 22.8 Å². The number of nitrogens with one attached hydrogen (secondary N) is 1. The summed E-state index contributed by atoms with van der Waals surface area (Å²) in [4.78, 5) is 12.2. The summed E-state index contributed by atoms with van der Waals surface area (Å²) in [6.45, 7) is 3.86. The Morgan fingerprint density at radius 3 is 2.53 bits per heavy atom. The van der Waals surface area contributed by atoms with Gasteiger partial charge in [0.1, 0.15) is 5.75 Å². The fraction of sp³-hybridized carbons (Fsp3) is 0.318. The molecule has 1 amide bonds.